The predicted molar refractivity (Wildman–Crippen MR) is 56.6 cm³/mol. The molecule has 1 aliphatic carbocycles. The van der Waals surface area contributed by atoms with Gasteiger partial charge in [-0.1, -0.05) is 0 Å². The predicted octanol–water partition coefficient (Wildman–Crippen LogP) is 2.94. The van der Waals surface area contributed by atoms with Gasteiger partial charge in [0, 0.05) is 0 Å². The molecule has 0 unspecified atom stereocenters. The molecule has 0 aromatic carbocycles. The van der Waals surface area contributed by atoms with E-state index in [1.165, 1.54) is 5.56 Å². The number of carbonyl (C=O) groups is 1. The smallest absolute Gasteiger partial charge is 0.303 e. The van der Waals surface area contributed by atoms with Crippen LogP contribution < -0.4 is 0 Å². The third-order valence-electron chi connectivity index (χ3n) is 3.01. The van der Waals surface area contributed by atoms with Crippen LogP contribution in [0, 0.1) is 5.41 Å². The maximum atomic E-state index is 10.6. The van der Waals surface area contributed by atoms with Crippen molar-refractivity contribution in [1.29, 1.82) is 0 Å². The number of rotatable bonds is 5. The summed E-state index contributed by atoms with van der Waals surface area (Å²) < 4.78 is 0. The molecule has 1 aromatic heterocycles. The second-order valence-electron chi connectivity index (χ2n) is 4.20. The van der Waals surface area contributed by atoms with Crippen molar-refractivity contribution in [3.05, 3.63) is 22.4 Å². The standard InChI is InChI=1S/C11H14O2S/c12-10(13)7-11(4-5-11)3-1-9-2-6-14-8-9/h2,6,8H,1,3-5,7H2,(H,12,13). The molecule has 1 aromatic rings. The van der Waals surface area contributed by atoms with Crippen molar-refractivity contribution in [3.63, 3.8) is 0 Å². The lowest BCUT2D eigenvalue weighted by molar-refractivity contribution is -0.138. The lowest BCUT2D eigenvalue weighted by Crippen LogP contribution is -2.09. The maximum absolute atomic E-state index is 10.6. The fourth-order valence-corrected chi connectivity index (χ4v) is 2.56. The van der Waals surface area contributed by atoms with Crippen molar-refractivity contribution in [2.24, 2.45) is 5.41 Å². The van der Waals surface area contributed by atoms with Crippen molar-refractivity contribution in [2.45, 2.75) is 32.1 Å². The van der Waals surface area contributed by atoms with E-state index in [0.29, 0.717) is 6.42 Å². The molecule has 2 nitrogen and oxygen atoms in total. The molecule has 0 saturated heterocycles. The Labute approximate surface area is 87.6 Å². The fraction of sp³-hybridized carbons (Fsp3) is 0.545. The lowest BCUT2D eigenvalue weighted by Gasteiger charge is -2.10. The van der Waals surface area contributed by atoms with Crippen molar-refractivity contribution in [1.82, 2.24) is 0 Å². The number of carboxylic acid groups (broad SMARTS) is 1. The van der Waals surface area contributed by atoms with Crippen LogP contribution in [0.3, 0.4) is 0 Å². The Hall–Kier alpha value is -0.830. The molecule has 0 bridgehead atoms. The number of hydrogen-bond acceptors (Lipinski definition) is 2. The lowest BCUT2D eigenvalue weighted by atomic mass is 9.94. The van der Waals surface area contributed by atoms with E-state index in [9.17, 15) is 4.79 Å². The summed E-state index contributed by atoms with van der Waals surface area (Å²) in [5.41, 5.74) is 1.50. The molecular formula is C11H14O2S. The van der Waals surface area contributed by atoms with Gasteiger partial charge in [-0.3, -0.25) is 4.79 Å². The van der Waals surface area contributed by atoms with E-state index in [1.807, 2.05) is 0 Å². The van der Waals surface area contributed by atoms with Gasteiger partial charge in [-0.2, -0.15) is 11.3 Å². The van der Waals surface area contributed by atoms with Crippen LogP contribution in [0.25, 0.3) is 0 Å². The zero-order valence-corrected chi connectivity index (χ0v) is 8.85. The monoisotopic (exact) mass is 210 g/mol. The normalized spacial score (nSPS) is 18.0. The fourth-order valence-electron chi connectivity index (χ4n) is 1.86. The van der Waals surface area contributed by atoms with Crippen LogP contribution in [0.4, 0.5) is 0 Å². The Morgan fingerprint density at radius 1 is 1.57 bits per heavy atom. The summed E-state index contributed by atoms with van der Waals surface area (Å²) >= 11 is 1.71. The first-order valence-corrected chi connectivity index (χ1v) is 5.87. The van der Waals surface area contributed by atoms with Crippen LogP contribution in [0.15, 0.2) is 16.8 Å². The van der Waals surface area contributed by atoms with Crippen LogP contribution in [0.2, 0.25) is 0 Å². The Kier molecular flexibility index (Phi) is 2.59. The number of aliphatic carboxylic acids is 1. The highest BCUT2D eigenvalue weighted by atomic mass is 32.1. The number of aryl methyl sites for hydroxylation is 1. The Morgan fingerprint density at radius 3 is 2.86 bits per heavy atom. The van der Waals surface area contributed by atoms with Crippen LogP contribution in [0.1, 0.15) is 31.2 Å². The van der Waals surface area contributed by atoms with Gasteiger partial charge in [0.05, 0.1) is 6.42 Å². The van der Waals surface area contributed by atoms with Gasteiger partial charge in [0.1, 0.15) is 0 Å². The van der Waals surface area contributed by atoms with E-state index in [2.05, 4.69) is 16.8 Å². The molecule has 14 heavy (non-hydrogen) atoms. The van der Waals surface area contributed by atoms with Crippen LogP contribution in [0.5, 0.6) is 0 Å². The molecular weight excluding hydrogens is 196 g/mol. The zero-order chi connectivity index (χ0) is 10.0. The second-order valence-corrected chi connectivity index (χ2v) is 4.98. The number of carboxylic acids is 1. The highest BCUT2D eigenvalue weighted by Crippen LogP contribution is 2.52. The van der Waals surface area contributed by atoms with E-state index in [-0.39, 0.29) is 5.41 Å². The number of hydrogen-bond donors (Lipinski definition) is 1. The number of thiophene rings is 1. The molecule has 3 heteroatoms. The van der Waals surface area contributed by atoms with Gasteiger partial charge < -0.3 is 5.11 Å². The summed E-state index contributed by atoms with van der Waals surface area (Å²) in [6, 6.07) is 2.13. The van der Waals surface area contributed by atoms with Gasteiger partial charge in [0.2, 0.25) is 0 Å². The molecule has 1 aliphatic rings. The molecule has 1 saturated carbocycles. The summed E-state index contributed by atoms with van der Waals surface area (Å²) in [6.07, 6.45) is 4.64. The highest BCUT2D eigenvalue weighted by Gasteiger charge is 2.43. The first-order chi connectivity index (χ1) is 6.70. The second kappa shape index (κ2) is 3.73. The highest BCUT2D eigenvalue weighted by molar-refractivity contribution is 7.07. The van der Waals surface area contributed by atoms with Crippen molar-refractivity contribution in [2.75, 3.05) is 0 Å². The minimum absolute atomic E-state index is 0.147. The van der Waals surface area contributed by atoms with E-state index in [1.54, 1.807) is 11.3 Å². The van der Waals surface area contributed by atoms with E-state index < -0.39 is 5.97 Å². The van der Waals surface area contributed by atoms with Gasteiger partial charge in [0.25, 0.3) is 0 Å². The SMILES string of the molecule is O=C(O)CC1(CCc2ccsc2)CC1. The summed E-state index contributed by atoms with van der Waals surface area (Å²) in [4.78, 5) is 10.6. The summed E-state index contributed by atoms with van der Waals surface area (Å²) in [5.74, 6) is -0.646. The summed E-state index contributed by atoms with van der Waals surface area (Å²) in [5, 5.41) is 13.0. The van der Waals surface area contributed by atoms with Crippen LogP contribution in [-0.4, -0.2) is 11.1 Å². The van der Waals surface area contributed by atoms with Crippen molar-refractivity contribution < 1.29 is 9.90 Å². The van der Waals surface area contributed by atoms with Crippen molar-refractivity contribution >= 4 is 17.3 Å². The van der Waals surface area contributed by atoms with E-state index in [4.69, 9.17) is 5.11 Å². The first-order valence-electron chi connectivity index (χ1n) is 4.93. The largest absolute Gasteiger partial charge is 0.481 e. The molecule has 1 fully saturated rings. The van der Waals surface area contributed by atoms with E-state index in [0.717, 1.165) is 25.7 Å². The van der Waals surface area contributed by atoms with Crippen LogP contribution in [-0.2, 0) is 11.2 Å². The van der Waals surface area contributed by atoms with Crippen LogP contribution >= 0.6 is 11.3 Å². The molecule has 2 rings (SSSR count). The maximum Gasteiger partial charge on any atom is 0.303 e. The summed E-state index contributed by atoms with van der Waals surface area (Å²) in [7, 11) is 0. The molecule has 0 atom stereocenters. The minimum atomic E-state index is -0.646. The molecule has 1 heterocycles. The third-order valence-corrected chi connectivity index (χ3v) is 3.74. The molecule has 76 valence electrons. The van der Waals surface area contributed by atoms with Crippen molar-refractivity contribution in [3.8, 4) is 0 Å². The molecule has 0 spiro atoms. The average molecular weight is 210 g/mol. The Balaban J connectivity index is 1.83. The Bertz CT molecular complexity index is 312. The zero-order valence-electron chi connectivity index (χ0n) is 8.03. The summed E-state index contributed by atoms with van der Waals surface area (Å²) in [6.45, 7) is 0. The topological polar surface area (TPSA) is 37.3 Å². The molecule has 0 aliphatic heterocycles. The van der Waals surface area contributed by atoms with Gasteiger partial charge in [-0.15, -0.1) is 0 Å². The average Bonchev–Trinajstić information content (AvgIpc) is 2.68. The minimum Gasteiger partial charge on any atom is -0.481 e. The van der Waals surface area contributed by atoms with Gasteiger partial charge in [0.15, 0.2) is 0 Å². The Morgan fingerprint density at radius 2 is 2.36 bits per heavy atom. The van der Waals surface area contributed by atoms with Gasteiger partial charge in [-0.25, -0.2) is 0 Å². The molecule has 1 N–H and O–H groups in total. The molecule has 0 amide bonds. The first kappa shape index (κ1) is 9.71. The molecule has 0 radical (unpaired) electrons. The quantitative estimate of drug-likeness (QED) is 0.811. The van der Waals surface area contributed by atoms with Gasteiger partial charge >= 0.3 is 5.97 Å². The third kappa shape index (κ3) is 2.35. The van der Waals surface area contributed by atoms with Gasteiger partial charge in [-0.05, 0) is 53.5 Å². The van der Waals surface area contributed by atoms with E-state index >= 15 is 0 Å².